The SMILES string of the molecule is CC12CC3CC(C)(C1)CC(CC(=O)NCCI)(C3)C2. The molecule has 3 heteroatoms. The van der Waals surface area contributed by atoms with Crippen LogP contribution in [0.4, 0.5) is 0 Å². The van der Waals surface area contributed by atoms with Crippen molar-refractivity contribution in [2.24, 2.45) is 22.2 Å². The summed E-state index contributed by atoms with van der Waals surface area (Å²) in [5, 5.41) is 3.09. The highest BCUT2D eigenvalue weighted by Gasteiger charge is 2.60. The van der Waals surface area contributed by atoms with Crippen LogP contribution in [0.1, 0.15) is 58.8 Å². The standard InChI is InChI=1S/C16H26INO/c1-14-5-12-6-15(2,9-14)11-16(7-12,10-14)8-13(19)18-4-3-17/h12H,3-11H2,1-2H3,(H,18,19). The van der Waals surface area contributed by atoms with Gasteiger partial charge in [-0.2, -0.15) is 0 Å². The molecule has 0 radical (unpaired) electrons. The zero-order valence-electron chi connectivity index (χ0n) is 12.2. The summed E-state index contributed by atoms with van der Waals surface area (Å²) in [6, 6.07) is 0. The highest BCUT2D eigenvalue weighted by Crippen LogP contribution is 2.70. The van der Waals surface area contributed by atoms with Gasteiger partial charge in [0.2, 0.25) is 5.91 Å². The van der Waals surface area contributed by atoms with Gasteiger partial charge in [0.25, 0.3) is 0 Å². The third-order valence-corrected chi connectivity index (χ3v) is 6.23. The highest BCUT2D eigenvalue weighted by molar-refractivity contribution is 14.1. The molecule has 0 aromatic heterocycles. The van der Waals surface area contributed by atoms with Crippen molar-refractivity contribution in [1.29, 1.82) is 0 Å². The number of carbonyl (C=O) groups excluding carboxylic acids is 1. The molecular formula is C16H26INO. The molecule has 4 fully saturated rings. The van der Waals surface area contributed by atoms with Gasteiger partial charge in [-0.1, -0.05) is 36.4 Å². The van der Waals surface area contributed by atoms with E-state index in [1.165, 1.54) is 38.5 Å². The predicted molar refractivity (Wildman–Crippen MR) is 86.4 cm³/mol. The van der Waals surface area contributed by atoms with Crippen LogP contribution in [-0.2, 0) is 4.79 Å². The zero-order valence-corrected chi connectivity index (χ0v) is 14.4. The van der Waals surface area contributed by atoms with Crippen molar-refractivity contribution in [3.63, 3.8) is 0 Å². The Morgan fingerprint density at radius 2 is 1.79 bits per heavy atom. The van der Waals surface area contributed by atoms with E-state index in [2.05, 4.69) is 41.8 Å². The number of amides is 1. The molecule has 0 saturated heterocycles. The summed E-state index contributed by atoms with van der Waals surface area (Å²) in [4.78, 5) is 12.2. The fourth-order valence-electron chi connectivity index (χ4n) is 6.47. The molecular weight excluding hydrogens is 349 g/mol. The van der Waals surface area contributed by atoms with Crippen LogP contribution < -0.4 is 5.32 Å². The molecule has 4 aliphatic rings. The lowest BCUT2D eigenvalue weighted by molar-refractivity contribution is -0.155. The first-order chi connectivity index (χ1) is 8.86. The molecule has 1 amide bonds. The van der Waals surface area contributed by atoms with Gasteiger partial charge in [-0.3, -0.25) is 4.79 Å². The van der Waals surface area contributed by atoms with E-state index < -0.39 is 0 Å². The van der Waals surface area contributed by atoms with Gasteiger partial charge in [0.1, 0.15) is 0 Å². The molecule has 2 unspecified atom stereocenters. The quantitative estimate of drug-likeness (QED) is 0.586. The second kappa shape index (κ2) is 4.60. The maximum atomic E-state index is 12.2. The number of rotatable bonds is 4. The second-order valence-electron chi connectivity index (χ2n) is 8.35. The smallest absolute Gasteiger partial charge is 0.220 e. The summed E-state index contributed by atoms with van der Waals surface area (Å²) >= 11 is 2.32. The van der Waals surface area contributed by atoms with Gasteiger partial charge in [-0.25, -0.2) is 0 Å². The number of hydrogen-bond donors (Lipinski definition) is 1. The van der Waals surface area contributed by atoms with E-state index in [9.17, 15) is 4.79 Å². The number of hydrogen-bond acceptors (Lipinski definition) is 1. The van der Waals surface area contributed by atoms with Gasteiger partial charge >= 0.3 is 0 Å². The molecule has 1 N–H and O–H groups in total. The summed E-state index contributed by atoms with van der Waals surface area (Å²) in [5.41, 5.74) is 1.38. The van der Waals surface area contributed by atoms with Crippen LogP contribution in [-0.4, -0.2) is 16.9 Å². The molecule has 0 aliphatic heterocycles. The first kappa shape index (κ1) is 14.2. The molecule has 0 aromatic carbocycles. The van der Waals surface area contributed by atoms with Crippen molar-refractivity contribution in [2.45, 2.75) is 58.8 Å². The van der Waals surface area contributed by atoms with E-state index in [0.717, 1.165) is 23.3 Å². The average molecular weight is 375 g/mol. The fraction of sp³-hybridized carbons (Fsp3) is 0.938. The van der Waals surface area contributed by atoms with Crippen molar-refractivity contribution in [1.82, 2.24) is 5.32 Å². The van der Waals surface area contributed by atoms with E-state index in [-0.39, 0.29) is 0 Å². The Morgan fingerprint density at radius 1 is 1.16 bits per heavy atom. The molecule has 0 spiro atoms. The van der Waals surface area contributed by atoms with Crippen molar-refractivity contribution < 1.29 is 4.79 Å². The minimum Gasteiger partial charge on any atom is -0.355 e. The number of nitrogens with one attached hydrogen (secondary N) is 1. The van der Waals surface area contributed by atoms with Crippen LogP contribution in [0.3, 0.4) is 0 Å². The Bertz CT molecular complexity index is 376. The van der Waals surface area contributed by atoms with Crippen LogP contribution >= 0.6 is 22.6 Å². The van der Waals surface area contributed by atoms with Crippen molar-refractivity contribution >= 4 is 28.5 Å². The molecule has 2 atom stereocenters. The molecule has 2 nitrogen and oxygen atoms in total. The van der Waals surface area contributed by atoms with E-state index in [1.54, 1.807) is 0 Å². The summed E-state index contributed by atoms with van der Waals surface area (Å²) in [5.74, 6) is 1.19. The van der Waals surface area contributed by atoms with E-state index >= 15 is 0 Å². The number of carbonyl (C=O) groups is 1. The van der Waals surface area contributed by atoms with E-state index in [1.807, 2.05) is 0 Å². The minimum absolute atomic E-state index is 0.297. The van der Waals surface area contributed by atoms with Crippen LogP contribution in [0.15, 0.2) is 0 Å². The van der Waals surface area contributed by atoms with Gasteiger partial charge in [0, 0.05) is 17.4 Å². The van der Waals surface area contributed by atoms with Gasteiger partial charge in [-0.05, 0) is 60.7 Å². The third-order valence-electron chi connectivity index (χ3n) is 5.69. The zero-order chi connectivity index (χ0) is 13.7. The number of halogens is 1. The Kier molecular flexibility index (Phi) is 3.43. The average Bonchev–Trinajstić information content (AvgIpc) is 2.20. The highest BCUT2D eigenvalue weighted by atomic mass is 127. The van der Waals surface area contributed by atoms with Gasteiger partial charge in [0.15, 0.2) is 0 Å². The number of alkyl halides is 1. The van der Waals surface area contributed by atoms with Crippen LogP contribution in [0, 0.1) is 22.2 Å². The van der Waals surface area contributed by atoms with Crippen LogP contribution in [0.5, 0.6) is 0 Å². The third kappa shape index (κ3) is 2.68. The molecule has 4 rings (SSSR count). The Hall–Kier alpha value is 0.200. The summed E-state index contributed by atoms with van der Waals surface area (Å²) in [7, 11) is 0. The van der Waals surface area contributed by atoms with Gasteiger partial charge in [0.05, 0.1) is 0 Å². The maximum absolute atomic E-state index is 12.2. The Labute approximate surface area is 130 Å². The summed E-state index contributed by atoms with van der Waals surface area (Å²) < 4.78 is 1.01. The second-order valence-corrected chi connectivity index (χ2v) is 9.42. The first-order valence-corrected chi connectivity index (χ1v) is 9.21. The van der Waals surface area contributed by atoms with E-state index in [0.29, 0.717) is 22.2 Å². The van der Waals surface area contributed by atoms with Crippen molar-refractivity contribution in [3.8, 4) is 0 Å². The normalized spacial score (nSPS) is 47.4. The summed E-state index contributed by atoms with van der Waals surface area (Å²) in [6.07, 6.45) is 8.92. The Morgan fingerprint density at radius 3 is 2.32 bits per heavy atom. The van der Waals surface area contributed by atoms with Crippen molar-refractivity contribution in [2.75, 3.05) is 11.0 Å². The van der Waals surface area contributed by atoms with Crippen LogP contribution in [0.2, 0.25) is 0 Å². The molecule has 4 aliphatic carbocycles. The largest absolute Gasteiger partial charge is 0.355 e. The monoisotopic (exact) mass is 375 g/mol. The lowest BCUT2D eigenvalue weighted by Crippen LogP contribution is -2.56. The van der Waals surface area contributed by atoms with Crippen molar-refractivity contribution in [3.05, 3.63) is 0 Å². The minimum atomic E-state index is 0.297. The first-order valence-electron chi connectivity index (χ1n) is 7.69. The lowest BCUT2D eigenvalue weighted by Gasteiger charge is -2.65. The lowest BCUT2D eigenvalue weighted by atomic mass is 9.40. The molecule has 4 saturated carbocycles. The van der Waals surface area contributed by atoms with Gasteiger partial charge < -0.3 is 5.32 Å². The molecule has 108 valence electrons. The Balaban J connectivity index is 1.75. The van der Waals surface area contributed by atoms with E-state index in [4.69, 9.17) is 0 Å². The molecule has 19 heavy (non-hydrogen) atoms. The molecule has 0 heterocycles. The maximum Gasteiger partial charge on any atom is 0.220 e. The topological polar surface area (TPSA) is 29.1 Å². The molecule has 4 bridgehead atoms. The van der Waals surface area contributed by atoms with Gasteiger partial charge in [-0.15, -0.1) is 0 Å². The fourth-order valence-corrected chi connectivity index (χ4v) is 6.74. The van der Waals surface area contributed by atoms with Crippen LogP contribution in [0.25, 0.3) is 0 Å². The summed E-state index contributed by atoms with van der Waals surface area (Å²) in [6.45, 7) is 5.79. The predicted octanol–water partition coefficient (Wildman–Crippen LogP) is 3.92. The molecule has 0 aromatic rings.